The largest absolute Gasteiger partial charge is 0.454 e. The van der Waals surface area contributed by atoms with E-state index in [4.69, 9.17) is 13.9 Å². The van der Waals surface area contributed by atoms with Gasteiger partial charge in [-0.3, -0.25) is 20.2 Å². The predicted octanol–water partition coefficient (Wildman–Crippen LogP) is 2.86. The molecule has 0 bridgehead atoms. The number of anilines is 1. The van der Waals surface area contributed by atoms with Gasteiger partial charge in [-0.1, -0.05) is 17.2 Å². The Hall–Kier alpha value is -3.95. The van der Waals surface area contributed by atoms with Crippen molar-refractivity contribution in [1.82, 2.24) is 10.2 Å². The van der Waals surface area contributed by atoms with E-state index < -0.39 is 10.8 Å². The molecule has 1 aliphatic rings. The monoisotopic (exact) mass is 382 g/mol. The molecule has 0 saturated carbocycles. The molecule has 0 unspecified atom stereocenters. The van der Waals surface area contributed by atoms with Gasteiger partial charge in [0.1, 0.15) is 0 Å². The molecule has 3 aromatic rings. The molecule has 1 amide bonds. The third-order valence-electron chi connectivity index (χ3n) is 4.23. The molecule has 0 aliphatic carbocycles. The number of ether oxygens (including phenoxy) is 2. The second kappa shape index (κ2) is 6.99. The van der Waals surface area contributed by atoms with Crippen molar-refractivity contribution >= 4 is 17.6 Å². The zero-order chi connectivity index (χ0) is 19.7. The summed E-state index contributed by atoms with van der Waals surface area (Å²) in [4.78, 5) is 22.9. The Labute approximate surface area is 158 Å². The number of nitrogens with one attached hydrogen (secondary N) is 1. The molecule has 2 aromatic carbocycles. The highest BCUT2D eigenvalue weighted by molar-refractivity contribution is 6.04. The van der Waals surface area contributed by atoms with Crippen molar-refractivity contribution in [2.45, 2.75) is 13.3 Å². The highest BCUT2D eigenvalue weighted by Gasteiger charge is 2.20. The van der Waals surface area contributed by atoms with Crippen LogP contribution in [0.4, 0.5) is 11.7 Å². The molecule has 0 spiro atoms. The molecule has 28 heavy (non-hydrogen) atoms. The van der Waals surface area contributed by atoms with Crippen molar-refractivity contribution in [1.29, 1.82) is 0 Å². The molecular formula is C18H14N4O6. The predicted molar refractivity (Wildman–Crippen MR) is 95.5 cm³/mol. The minimum atomic E-state index is -0.570. The lowest BCUT2D eigenvalue weighted by Crippen LogP contribution is -2.14. The second-order valence-electron chi connectivity index (χ2n) is 6.03. The molecule has 1 N–H and O–H groups in total. The van der Waals surface area contributed by atoms with Crippen LogP contribution in [0.15, 0.2) is 40.8 Å². The molecule has 10 nitrogen and oxygen atoms in total. The minimum Gasteiger partial charge on any atom is -0.454 e. The molecule has 0 radical (unpaired) electrons. The number of amides is 1. The minimum absolute atomic E-state index is 0.0911. The Balaban J connectivity index is 1.47. The lowest BCUT2D eigenvalue weighted by atomic mass is 10.1. The second-order valence-corrected chi connectivity index (χ2v) is 6.03. The average Bonchev–Trinajstić information content (AvgIpc) is 3.30. The zero-order valence-corrected chi connectivity index (χ0v) is 14.7. The molecule has 1 aromatic heterocycles. The zero-order valence-electron chi connectivity index (χ0n) is 14.7. The van der Waals surface area contributed by atoms with E-state index in [9.17, 15) is 14.9 Å². The molecule has 0 fully saturated rings. The Kier molecular flexibility index (Phi) is 4.36. The summed E-state index contributed by atoms with van der Waals surface area (Å²) in [5.74, 6) is 1.05. The Morgan fingerprint density at radius 3 is 2.86 bits per heavy atom. The number of nitro groups is 1. The van der Waals surface area contributed by atoms with Crippen molar-refractivity contribution in [2.75, 3.05) is 12.1 Å². The summed E-state index contributed by atoms with van der Waals surface area (Å²) in [6, 6.07) is 9.64. The smallest absolute Gasteiger partial charge is 0.322 e. The number of hydrogen-bond donors (Lipinski definition) is 1. The fourth-order valence-electron chi connectivity index (χ4n) is 2.83. The van der Waals surface area contributed by atoms with E-state index >= 15 is 0 Å². The number of benzene rings is 2. The summed E-state index contributed by atoms with van der Waals surface area (Å²) in [6.07, 6.45) is 0.343. The van der Waals surface area contributed by atoms with E-state index in [1.165, 1.54) is 25.1 Å². The lowest BCUT2D eigenvalue weighted by Gasteiger charge is -2.05. The van der Waals surface area contributed by atoms with Crippen molar-refractivity contribution < 1.29 is 23.6 Å². The summed E-state index contributed by atoms with van der Waals surface area (Å²) in [7, 11) is 0. The summed E-state index contributed by atoms with van der Waals surface area (Å²) in [6.45, 7) is 1.69. The Morgan fingerprint density at radius 2 is 2.04 bits per heavy atom. The van der Waals surface area contributed by atoms with Gasteiger partial charge in [0, 0.05) is 17.2 Å². The third kappa shape index (κ3) is 3.34. The van der Waals surface area contributed by atoms with E-state index in [1.807, 2.05) is 12.1 Å². The maximum Gasteiger partial charge on any atom is 0.322 e. The number of nitro benzene ring substituents is 1. The molecule has 0 saturated heterocycles. The van der Waals surface area contributed by atoms with Gasteiger partial charge in [-0.25, -0.2) is 0 Å². The normalized spacial score (nSPS) is 12.0. The Bertz CT molecular complexity index is 1080. The maximum atomic E-state index is 12.4. The van der Waals surface area contributed by atoms with Gasteiger partial charge in [0.15, 0.2) is 11.5 Å². The van der Waals surface area contributed by atoms with E-state index in [-0.39, 0.29) is 29.6 Å². The van der Waals surface area contributed by atoms with Gasteiger partial charge in [-0.15, -0.1) is 5.10 Å². The first-order valence-electron chi connectivity index (χ1n) is 8.27. The summed E-state index contributed by atoms with van der Waals surface area (Å²) in [5, 5.41) is 21.2. The summed E-state index contributed by atoms with van der Waals surface area (Å²) in [5.41, 5.74) is 1.15. The van der Waals surface area contributed by atoms with Gasteiger partial charge in [0.05, 0.1) is 11.3 Å². The van der Waals surface area contributed by atoms with Gasteiger partial charge in [-0.2, -0.15) is 0 Å². The van der Waals surface area contributed by atoms with Crippen LogP contribution in [0, 0.1) is 17.0 Å². The number of nitrogens with zero attached hydrogens (tertiary/aromatic N) is 3. The maximum absolute atomic E-state index is 12.4. The molecular weight excluding hydrogens is 368 g/mol. The molecule has 2 heterocycles. The average molecular weight is 382 g/mol. The molecule has 1 aliphatic heterocycles. The van der Waals surface area contributed by atoms with Crippen LogP contribution >= 0.6 is 0 Å². The number of aromatic nitrogens is 2. The van der Waals surface area contributed by atoms with E-state index in [1.54, 1.807) is 6.07 Å². The van der Waals surface area contributed by atoms with Crippen molar-refractivity contribution in [2.24, 2.45) is 0 Å². The summed E-state index contributed by atoms with van der Waals surface area (Å²) >= 11 is 0. The SMILES string of the molecule is Cc1c(C(=O)Nc2nnc(Cc3ccc4c(c3)OCO4)o2)cccc1[N+](=O)[O-]. The summed E-state index contributed by atoms with van der Waals surface area (Å²) < 4.78 is 16.0. The van der Waals surface area contributed by atoms with Crippen molar-refractivity contribution in [3.05, 3.63) is 69.1 Å². The third-order valence-corrected chi connectivity index (χ3v) is 4.23. The molecule has 0 atom stereocenters. The van der Waals surface area contributed by atoms with Gasteiger partial charge in [0.2, 0.25) is 12.7 Å². The first-order valence-corrected chi connectivity index (χ1v) is 8.27. The lowest BCUT2D eigenvalue weighted by molar-refractivity contribution is -0.385. The molecule has 4 rings (SSSR count). The standard InChI is InChI=1S/C18H14N4O6/c1-10-12(3-2-4-13(10)22(24)25)17(23)19-18-21-20-16(28-18)8-11-5-6-14-15(7-11)27-9-26-14/h2-7H,8-9H2,1H3,(H,19,21,23). The van der Waals surface area contributed by atoms with Crippen LogP contribution in [0.1, 0.15) is 27.4 Å². The van der Waals surface area contributed by atoms with Gasteiger partial charge in [0.25, 0.3) is 11.6 Å². The van der Waals surface area contributed by atoms with Crippen LogP contribution in [0.3, 0.4) is 0 Å². The van der Waals surface area contributed by atoms with Crippen LogP contribution in [-0.2, 0) is 6.42 Å². The van der Waals surface area contributed by atoms with Crippen LogP contribution in [0.2, 0.25) is 0 Å². The van der Waals surface area contributed by atoms with Crippen LogP contribution in [0.5, 0.6) is 11.5 Å². The quantitative estimate of drug-likeness (QED) is 0.527. The van der Waals surface area contributed by atoms with Gasteiger partial charge < -0.3 is 13.9 Å². The van der Waals surface area contributed by atoms with Crippen molar-refractivity contribution in [3.63, 3.8) is 0 Å². The number of rotatable bonds is 5. The van der Waals surface area contributed by atoms with E-state index in [0.717, 1.165) is 5.56 Å². The van der Waals surface area contributed by atoms with E-state index in [2.05, 4.69) is 15.5 Å². The fourth-order valence-corrected chi connectivity index (χ4v) is 2.83. The first-order chi connectivity index (χ1) is 13.5. The van der Waals surface area contributed by atoms with Crippen molar-refractivity contribution in [3.8, 4) is 11.5 Å². The number of carbonyl (C=O) groups excluding carboxylic acids is 1. The van der Waals surface area contributed by atoms with Crippen LogP contribution in [0.25, 0.3) is 0 Å². The highest BCUT2D eigenvalue weighted by Crippen LogP contribution is 2.33. The molecule has 10 heteroatoms. The van der Waals surface area contributed by atoms with Crippen LogP contribution < -0.4 is 14.8 Å². The highest BCUT2D eigenvalue weighted by atomic mass is 16.7. The van der Waals surface area contributed by atoms with Gasteiger partial charge >= 0.3 is 6.01 Å². The Morgan fingerprint density at radius 1 is 1.21 bits per heavy atom. The van der Waals surface area contributed by atoms with Gasteiger partial charge in [-0.05, 0) is 30.7 Å². The topological polar surface area (TPSA) is 130 Å². The first kappa shape index (κ1) is 17.5. The number of hydrogen-bond acceptors (Lipinski definition) is 8. The van der Waals surface area contributed by atoms with E-state index in [0.29, 0.717) is 23.8 Å². The molecule has 142 valence electrons. The number of fused-ring (bicyclic) bond motifs is 1. The number of carbonyl (C=O) groups is 1. The van der Waals surface area contributed by atoms with Crippen LogP contribution in [-0.4, -0.2) is 27.8 Å². The fraction of sp³-hybridized carbons (Fsp3) is 0.167.